The molecule has 0 aromatic heterocycles. The largest absolute Gasteiger partial charge is 0.377 e. The molecular formula is C23H31N3O2S. The molecule has 2 aliphatic rings. The monoisotopic (exact) mass is 413 g/mol. The van der Waals surface area contributed by atoms with Gasteiger partial charge in [-0.1, -0.05) is 13.8 Å². The minimum absolute atomic E-state index is 0.0798. The van der Waals surface area contributed by atoms with Gasteiger partial charge in [-0.15, -0.1) is 11.8 Å². The van der Waals surface area contributed by atoms with Crippen molar-refractivity contribution in [1.82, 2.24) is 10.6 Å². The van der Waals surface area contributed by atoms with Crippen LogP contribution in [0.4, 0.5) is 5.69 Å². The quantitative estimate of drug-likeness (QED) is 0.759. The van der Waals surface area contributed by atoms with Crippen molar-refractivity contribution in [3.8, 4) is 0 Å². The summed E-state index contributed by atoms with van der Waals surface area (Å²) in [6.45, 7) is 12.0. The molecule has 0 saturated heterocycles. The van der Waals surface area contributed by atoms with Gasteiger partial charge in [0.05, 0.1) is 17.4 Å². The van der Waals surface area contributed by atoms with Crippen molar-refractivity contribution in [3.63, 3.8) is 0 Å². The fourth-order valence-electron chi connectivity index (χ4n) is 3.60. The summed E-state index contributed by atoms with van der Waals surface area (Å²) in [6.07, 6.45) is 1.81. The fraction of sp³-hybridized carbons (Fsp3) is 0.522. The molecule has 1 unspecified atom stereocenters. The third kappa shape index (κ3) is 5.50. The van der Waals surface area contributed by atoms with E-state index in [2.05, 4.69) is 24.5 Å². The Kier molecular flexibility index (Phi) is 5.95. The number of rotatable bonds is 3. The van der Waals surface area contributed by atoms with Crippen LogP contribution in [0.1, 0.15) is 64.7 Å². The molecule has 29 heavy (non-hydrogen) atoms. The van der Waals surface area contributed by atoms with E-state index in [0.717, 1.165) is 35.7 Å². The van der Waals surface area contributed by atoms with Crippen molar-refractivity contribution in [1.29, 1.82) is 0 Å². The van der Waals surface area contributed by atoms with Crippen LogP contribution in [-0.4, -0.2) is 34.7 Å². The van der Waals surface area contributed by atoms with Gasteiger partial charge < -0.3 is 10.6 Å². The Hall–Kier alpha value is -2.08. The van der Waals surface area contributed by atoms with Crippen LogP contribution in [0.3, 0.4) is 0 Å². The summed E-state index contributed by atoms with van der Waals surface area (Å²) in [5.41, 5.74) is 3.48. The molecule has 0 bridgehead atoms. The zero-order chi connectivity index (χ0) is 21.4. The molecule has 0 fully saturated rings. The number of nitrogens with one attached hydrogen (secondary N) is 2. The van der Waals surface area contributed by atoms with Crippen LogP contribution >= 0.6 is 11.8 Å². The van der Waals surface area contributed by atoms with Crippen molar-refractivity contribution in [2.24, 2.45) is 10.4 Å². The maximum Gasteiger partial charge on any atom is 0.251 e. The van der Waals surface area contributed by atoms with E-state index >= 15 is 0 Å². The Morgan fingerprint density at radius 3 is 2.41 bits per heavy atom. The zero-order valence-electron chi connectivity index (χ0n) is 18.2. The number of carbonyl (C=O) groups is 2. The molecule has 6 heteroatoms. The number of carbonyl (C=O) groups excluding carboxylic acids is 2. The number of hydrogen-bond donors (Lipinski definition) is 2. The number of hydrogen-bond acceptors (Lipinski definition) is 5. The second-order valence-electron chi connectivity index (χ2n) is 9.75. The Morgan fingerprint density at radius 1 is 1.17 bits per heavy atom. The molecule has 156 valence electrons. The zero-order valence-corrected chi connectivity index (χ0v) is 19.0. The number of thioether (sulfide) groups is 1. The second kappa shape index (κ2) is 7.98. The van der Waals surface area contributed by atoms with E-state index in [1.807, 2.05) is 45.0 Å². The minimum atomic E-state index is -0.268. The second-order valence-corrected chi connectivity index (χ2v) is 10.8. The number of aliphatic imine (C=N–C) groups is 1. The van der Waals surface area contributed by atoms with Gasteiger partial charge in [0, 0.05) is 27.5 Å². The first kappa shape index (κ1) is 21.6. The summed E-state index contributed by atoms with van der Waals surface area (Å²) >= 11 is 1.73. The summed E-state index contributed by atoms with van der Waals surface area (Å²) in [5, 5.41) is 6.42. The molecule has 0 radical (unpaired) electrons. The smallest absolute Gasteiger partial charge is 0.251 e. The van der Waals surface area contributed by atoms with Crippen molar-refractivity contribution in [2.45, 2.75) is 66.0 Å². The van der Waals surface area contributed by atoms with E-state index < -0.39 is 0 Å². The fourth-order valence-corrected chi connectivity index (χ4v) is 4.84. The number of Topliss-reactive ketones (excluding diaryl/α,β-unsaturated/α-hetero) is 1. The number of nitrogens with zero attached hydrogens (tertiary/aromatic N) is 1. The van der Waals surface area contributed by atoms with E-state index in [9.17, 15) is 9.59 Å². The van der Waals surface area contributed by atoms with Gasteiger partial charge in [0.1, 0.15) is 0 Å². The molecule has 1 aliphatic heterocycles. The van der Waals surface area contributed by atoms with Crippen molar-refractivity contribution in [2.75, 3.05) is 5.75 Å². The average molecular weight is 414 g/mol. The number of amides is 1. The van der Waals surface area contributed by atoms with Gasteiger partial charge in [-0.25, -0.2) is 0 Å². The van der Waals surface area contributed by atoms with Gasteiger partial charge in [0.25, 0.3) is 5.91 Å². The van der Waals surface area contributed by atoms with E-state index in [4.69, 9.17) is 4.99 Å². The van der Waals surface area contributed by atoms with E-state index in [0.29, 0.717) is 5.56 Å². The molecule has 5 nitrogen and oxygen atoms in total. The summed E-state index contributed by atoms with van der Waals surface area (Å²) in [4.78, 5) is 30.2. The maximum absolute atomic E-state index is 12.3. The molecule has 1 amide bonds. The molecule has 1 atom stereocenters. The van der Waals surface area contributed by atoms with Crippen LogP contribution in [0.25, 0.3) is 0 Å². The summed E-state index contributed by atoms with van der Waals surface area (Å²) in [7, 11) is 0. The van der Waals surface area contributed by atoms with Crippen LogP contribution in [0, 0.1) is 5.41 Å². The molecule has 1 heterocycles. The minimum Gasteiger partial charge on any atom is -0.377 e. The van der Waals surface area contributed by atoms with E-state index in [-0.39, 0.29) is 28.7 Å². The van der Waals surface area contributed by atoms with E-state index in [1.54, 1.807) is 18.7 Å². The third-order valence-corrected chi connectivity index (χ3v) is 6.22. The Labute approximate surface area is 177 Å². The summed E-state index contributed by atoms with van der Waals surface area (Å²) in [6, 6.07) is 7.32. The van der Waals surface area contributed by atoms with E-state index in [1.165, 1.54) is 4.91 Å². The van der Waals surface area contributed by atoms with Crippen molar-refractivity contribution >= 4 is 34.9 Å². The standard InChI is InChI=1S/C23H31N3O2S/c1-14(27)19-13-29-20-17(11-23(5,6)12-18(20)25-19)24-16-9-7-15(8-10-16)21(28)26-22(2,3)4/h7-10,19,25H,11-13H2,1-6H3,(H,26,28)/b24-17+. The van der Waals surface area contributed by atoms with Gasteiger partial charge in [-0.2, -0.15) is 0 Å². The van der Waals surface area contributed by atoms with Gasteiger partial charge in [-0.3, -0.25) is 14.6 Å². The van der Waals surface area contributed by atoms with Crippen molar-refractivity contribution in [3.05, 3.63) is 40.4 Å². The van der Waals surface area contributed by atoms with Crippen molar-refractivity contribution < 1.29 is 9.59 Å². The Morgan fingerprint density at radius 2 is 1.83 bits per heavy atom. The first-order valence-electron chi connectivity index (χ1n) is 10.1. The van der Waals surface area contributed by atoms with Crippen LogP contribution < -0.4 is 10.6 Å². The van der Waals surface area contributed by atoms with Crippen LogP contribution in [0.5, 0.6) is 0 Å². The lowest BCUT2D eigenvalue weighted by Crippen LogP contribution is -2.44. The first-order chi connectivity index (χ1) is 13.4. The predicted octanol–water partition coefficient (Wildman–Crippen LogP) is 4.61. The maximum atomic E-state index is 12.3. The number of benzene rings is 1. The molecule has 0 saturated carbocycles. The van der Waals surface area contributed by atoms with Gasteiger partial charge in [-0.05, 0) is 70.2 Å². The Bertz CT molecular complexity index is 876. The molecule has 2 N–H and O–H groups in total. The SMILES string of the molecule is CC(=O)C1CSC2=C(CC(C)(C)C/C2=N\c2ccc(C(=O)NC(C)(C)C)cc2)N1. The molecule has 1 aliphatic carbocycles. The predicted molar refractivity (Wildman–Crippen MR) is 121 cm³/mol. The van der Waals surface area contributed by atoms with Gasteiger partial charge in [0.15, 0.2) is 5.78 Å². The molecular weight excluding hydrogens is 382 g/mol. The number of ketones is 1. The first-order valence-corrected chi connectivity index (χ1v) is 11.1. The summed E-state index contributed by atoms with van der Waals surface area (Å²) in [5.74, 6) is 0.831. The van der Waals surface area contributed by atoms with Gasteiger partial charge >= 0.3 is 0 Å². The molecule has 0 spiro atoms. The molecule has 3 rings (SSSR count). The highest BCUT2D eigenvalue weighted by Crippen LogP contribution is 2.43. The highest BCUT2D eigenvalue weighted by atomic mass is 32.2. The lowest BCUT2D eigenvalue weighted by molar-refractivity contribution is -0.118. The Balaban J connectivity index is 1.85. The highest BCUT2D eigenvalue weighted by molar-refractivity contribution is 8.04. The van der Waals surface area contributed by atoms with Gasteiger partial charge in [0.2, 0.25) is 0 Å². The lowest BCUT2D eigenvalue weighted by atomic mass is 9.78. The third-order valence-electron chi connectivity index (χ3n) is 4.95. The van der Waals surface area contributed by atoms with Crippen LogP contribution in [0.2, 0.25) is 0 Å². The summed E-state index contributed by atoms with van der Waals surface area (Å²) < 4.78 is 0. The normalized spacial score (nSPS) is 22.7. The highest BCUT2D eigenvalue weighted by Gasteiger charge is 2.36. The topological polar surface area (TPSA) is 70.6 Å². The molecule has 1 aromatic carbocycles. The molecule has 1 aromatic rings. The van der Waals surface area contributed by atoms with Crippen LogP contribution in [-0.2, 0) is 4.79 Å². The van der Waals surface area contributed by atoms with Crippen LogP contribution in [0.15, 0.2) is 39.9 Å². The number of allylic oxidation sites excluding steroid dienone is 2. The lowest BCUT2D eigenvalue weighted by Gasteiger charge is -2.38. The average Bonchev–Trinajstić information content (AvgIpc) is 2.59.